The highest BCUT2D eigenvalue weighted by molar-refractivity contribution is 7.09. The van der Waals surface area contributed by atoms with Gasteiger partial charge in [-0.15, -0.1) is 31.8 Å². The zero-order valence-corrected chi connectivity index (χ0v) is 25.6. The monoisotopic (exact) mass is 571 g/mol. The Morgan fingerprint density at radius 3 is 1.78 bits per heavy atom. The Labute approximate surface area is 245 Å². The number of nitrogens with zero attached hydrogens (tertiary/aromatic N) is 5. The lowest BCUT2D eigenvalue weighted by molar-refractivity contribution is 0.0994. The number of rotatable bonds is 6. The highest BCUT2D eigenvalue weighted by Gasteiger charge is 2.12. The maximum atomic E-state index is 12.1. The van der Waals surface area contributed by atoms with E-state index in [0.29, 0.717) is 22.8 Å². The van der Waals surface area contributed by atoms with Gasteiger partial charge in [-0.2, -0.15) is 0 Å². The molecule has 2 N–H and O–H groups in total. The Kier molecular flexibility index (Phi) is 10.6. The quantitative estimate of drug-likeness (QED) is 0.224. The third-order valence-electron chi connectivity index (χ3n) is 6.43. The Hall–Kier alpha value is -4.24. The molecule has 1 aromatic heterocycles. The van der Waals surface area contributed by atoms with Gasteiger partial charge in [0.15, 0.2) is 5.82 Å². The number of thiazole rings is 1. The van der Waals surface area contributed by atoms with Crippen LogP contribution in [0.25, 0.3) is 0 Å². The number of aryl methyl sites for hydroxylation is 4. The third kappa shape index (κ3) is 8.38. The van der Waals surface area contributed by atoms with Crippen LogP contribution >= 0.6 is 11.3 Å². The summed E-state index contributed by atoms with van der Waals surface area (Å²) in [6.45, 7) is 15.6. The molecule has 0 aliphatic rings. The van der Waals surface area contributed by atoms with Crippen molar-refractivity contribution in [3.05, 3.63) is 92.3 Å². The number of amides is 1. The molecule has 0 saturated heterocycles. The van der Waals surface area contributed by atoms with Crippen molar-refractivity contribution in [1.29, 1.82) is 0 Å². The molecule has 0 aliphatic heterocycles. The van der Waals surface area contributed by atoms with E-state index in [2.05, 4.69) is 25.4 Å². The van der Waals surface area contributed by atoms with Crippen LogP contribution in [-0.2, 0) is 0 Å². The fourth-order valence-electron chi connectivity index (χ4n) is 4.00. The highest BCUT2D eigenvalue weighted by atomic mass is 32.1. The maximum absolute atomic E-state index is 12.1. The van der Waals surface area contributed by atoms with Crippen LogP contribution in [0.5, 0.6) is 11.5 Å². The molecule has 1 amide bonds. The number of aromatic nitrogens is 1. The number of hydrogen-bond acceptors (Lipinski definition) is 8. The van der Waals surface area contributed by atoms with E-state index in [-0.39, 0.29) is 23.5 Å². The van der Waals surface area contributed by atoms with Gasteiger partial charge < -0.3 is 10.2 Å². The fourth-order valence-corrected chi connectivity index (χ4v) is 4.53. The van der Waals surface area contributed by atoms with Crippen LogP contribution in [0.3, 0.4) is 0 Å². The van der Waals surface area contributed by atoms with E-state index in [1.807, 2.05) is 79.0 Å². The molecule has 0 atom stereocenters. The summed E-state index contributed by atoms with van der Waals surface area (Å²) in [5.41, 5.74) is 6.15. The lowest BCUT2D eigenvalue weighted by atomic mass is 9.99. The van der Waals surface area contributed by atoms with Gasteiger partial charge in [0.1, 0.15) is 11.5 Å². The molecular weight excluding hydrogens is 534 g/mol. The van der Waals surface area contributed by atoms with Crippen molar-refractivity contribution >= 4 is 34.4 Å². The van der Waals surface area contributed by atoms with Crippen LogP contribution in [0.4, 0.5) is 17.2 Å². The van der Waals surface area contributed by atoms with E-state index >= 15 is 0 Å². The largest absolute Gasteiger partial charge is 0.508 e. The normalized spacial score (nSPS) is 11.5. The third-order valence-corrected chi connectivity index (χ3v) is 7.19. The van der Waals surface area contributed by atoms with Crippen LogP contribution in [0, 0.1) is 27.7 Å². The molecule has 0 spiro atoms. The van der Waals surface area contributed by atoms with Gasteiger partial charge in [0.2, 0.25) is 0 Å². The molecule has 3 aromatic carbocycles. The van der Waals surface area contributed by atoms with Crippen molar-refractivity contribution in [1.82, 2.24) is 4.98 Å². The van der Waals surface area contributed by atoms with Crippen molar-refractivity contribution in [2.24, 2.45) is 20.5 Å². The smallest absolute Gasteiger partial charge is 0.295 e. The van der Waals surface area contributed by atoms with Crippen molar-refractivity contribution in [2.45, 2.75) is 67.2 Å². The van der Waals surface area contributed by atoms with Crippen LogP contribution in [0.2, 0.25) is 0 Å². The summed E-state index contributed by atoms with van der Waals surface area (Å²) < 4.78 is 0. The molecule has 0 aliphatic carbocycles. The molecule has 0 unspecified atom stereocenters. The topological polar surface area (TPSA) is 120 Å². The van der Waals surface area contributed by atoms with Crippen LogP contribution in [-0.4, -0.2) is 21.1 Å². The van der Waals surface area contributed by atoms with Crippen LogP contribution < -0.4 is 0 Å². The average molecular weight is 572 g/mol. The Morgan fingerprint density at radius 2 is 1.29 bits per heavy atom. The van der Waals surface area contributed by atoms with Gasteiger partial charge in [-0.1, -0.05) is 45.9 Å². The standard InChI is InChI=1S/C18H20N2O2.C14H17N3OS/c1-11(2)15-10-16(13(4)9-17(15)21)19-20-18(22)14-8-6-5-7-12(14)3;1-8(2)11-6-12(9(3)5-13(11)18)16-17-14-7-19-10(4)15-14/h5-11,21H,1-4H3;5-8,18H,1-4H3. The molecule has 1 heterocycles. The molecule has 8 nitrogen and oxygen atoms in total. The first-order valence-corrected chi connectivity index (χ1v) is 14.3. The summed E-state index contributed by atoms with van der Waals surface area (Å²) in [6.07, 6.45) is 0. The van der Waals surface area contributed by atoms with Gasteiger partial charge in [-0.25, -0.2) is 4.98 Å². The lowest BCUT2D eigenvalue weighted by Gasteiger charge is -2.10. The number of hydrogen-bond donors (Lipinski definition) is 2. The minimum absolute atomic E-state index is 0.168. The molecule has 0 fully saturated rings. The van der Waals surface area contributed by atoms with Gasteiger partial charge in [-0.05, 0) is 97.7 Å². The van der Waals surface area contributed by atoms with Gasteiger partial charge in [0.05, 0.1) is 16.4 Å². The Morgan fingerprint density at radius 1 is 0.756 bits per heavy atom. The lowest BCUT2D eigenvalue weighted by Crippen LogP contribution is -1.96. The molecule has 214 valence electrons. The van der Waals surface area contributed by atoms with E-state index in [1.54, 1.807) is 41.7 Å². The minimum Gasteiger partial charge on any atom is -0.508 e. The number of benzene rings is 3. The predicted octanol–water partition coefficient (Wildman–Crippen LogP) is 10.1. The average Bonchev–Trinajstić information content (AvgIpc) is 3.32. The van der Waals surface area contributed by atoms with Crippen molar-refractivity contribution in [2.75, 3.05) is 0 Å². The maximum Gasteiger partial charge on any atom is 0.295 e. The highest BCUT2D eigenvalue weighted by Crippen LogP contribution is 2.34. The zero-order chi connectivity index (χ0) is 30.3. The zero-order valence-electron chi connectivity index (χ0n) is 24.8. The van der Waals surface area contributed by atoms with E-state index < -0.39 is 0 Å². The van der Waals surface area contributed by atoms with Crippen LogP contribution in [0.1, 0.15) is 82.7 Å². The van der Waals surface area contributed by atoms with Crippen molar-refractivity contribution in [3.63, 3.8) is 0 Å². The molecule has 0 saturated carbocycles. The Bertz CT molecular complexity index is 1590. The van der Waals surface area contributed by atoms with Gasteiger partial charge >= 0.3 is 0 Å². The number of phenolic OH excluding ortho intramolecular Hbond substituents is 2. The van der Waals surface area contributed by atoms with Crippen LogP contribution in [0.15, 0.2) is 74.4 Å². The first kappa shape index (κ1) is 31.3. The molecule has 4 aromatic rings. The predicted molar refractivity (Wildman–Crippen MR) is 165 cm³/mol. The summed E-state index contributed by atoms with van der Waals surface area (Å²) in [4.78, 5) is 16.4. The fraction of sp³-hybridized carbons (Fsp3) is 0.312. The first-order chi connectivity index (χ1) is 19.4. The van der Waals surface area contributed by atoms with Gasteiger partial charge in [0.25, 0.3) is 5.91 Å². The molecular formula is C32H37N5O3S. The number of azo groups is 2. The van der Waals surface area contributed by atoms with E-state index in [0.717, 1.165) is 38.5 Å². The number of carbonyl (C=O) groups excluding carboxylic acids is 1. The number of carbonyl (C=O) groups is 1. The molecule has 4 rings (SSSR count). The summed E-state index contributed by atoms with van der Waals surface area (Å²) >= 11 is 1.55. The molecule has 0 bridgehead atoms. The summed E-state index contributed by atoms with van der Waals surface area (Å²) in [5.74, 6) is 1.24. The summed E-state index contributed by atoms with van der Waals surface area (Å²) in [6, 6.07) is 14.3. The SMILES string of the molecule is Cc1cc(O)c(C(C)C)cc1N=NC(=O)c1ccccc1C.Cc1nc(N=Nc2cc(C(C)C)c(O)cc2C)cs1. The first-order valence-electron chi connectivity index (χ1n) is 13.4. The minimum atomic E-state index is -0.364. The number of aromatic hydroxyl groups is 2. The summed E-state index contributed by atoms with van der Waals surface area (Å²) in [5, 5.41) is 38.9. The second kappa shape index (κ2) is 13.9. The van der Waals surface area contributed by atoms with E-state index in [9.17, 15) is 15.0 Å². The van der Waals surface area contributed by atoms with Gasteiger partial charge in [0, 0.05) is 10.9 Å². The second-order valence-corrected chi connectivity index (χ2v) is 11.5. The van der Waals surface area contributed by atoms with Crippen molar-refractivity contribution < 1.29 is 15.0 Å². The molecule has 9 heteroatoms. The van der Waals surface area contributed by atoms with E-state index in [1.165, 1.54) is 0 Å². The molecule has 0 radical (unpaired) electrons. The Balaban J connectivity index is 0.000000228. The second-order valence-electron chi connectivity index (χ2n) is 10.4. The van der Waals surface area contributed by atoms with E-state index in [4.69, 9.17) is 0 Å². The number of phenols is 2. The van der Waals surface area contributed by atoms with Gasteiger partial charge in [-0.3, -0.25) is 4.79 Å². The molecule has 41 heavy (non-hydrogen) atoms. The summed E-state index contributed by atoms with van der Waals surface area (Å²) in [7, 11) is 0. The van der Waals surface area contributed by atoms with Crippen molar-refractivity contribution in [3.8, 4) is 11.5 Å².